The van der Waals surface area contributed by atoms with Gasteiger partial charge in [-0.3, -0.25) is 0 Å². The molecule has 0 aromatic heterocycles. The second-order valence-corrected chi connectivity index (χ2v) is 8.63. The summed E-state index contributed by atoms with van der Waals surface area (Å²) in [5.74, 6) is 0.648. The largest absolute Gasteiger partial charge is 2.00 e. The molecule has 3 aromatic carbocycles. The minimum Gasteiger partial charge on any atom is -0.699 e. The van der Waals surface area contributed by atoms with Crippen molar-refractivity contribution in [3.8, 4) is 0 Å². The number of para-hydroxylation sites is 1. The van der Waals surface area contributed by atoms with Crippen molar-refractivity contribution in [3.05, 3.63) is 108 Å². The number of hydrogen-bond donors (Lipinski definition) is 0. The summed E-state index contributed by atoms with van der Waals surface area (Å²) in [6.45, 7) is 2.08. The molecule has 4 nitrogen and oxygen atoms in total. The molecule has 1 aliphatic rings. The second kappa shape index (κ2) is 15.6. The van der Waals surface area contributed by atoms with Gasteiger partial charge >= 0.3 is 19.5 Å². The molecule has 1 aliphatic carbocycles. The minimum absolute atomic E-state index is 0. The standard InChI is InChI=1S/C15H24N3.C7H8.C6H6N.Ru/c1-17(2)14-11-10-13(14)15(18(3)4)16-12-8-6-5-7-9-12;1-7-5-3-2-4-6-7;7-6-4-2-1-3-5-6;/h5-9,13-15H,10-11H2,1-4H3;2-6H,1H3;1-5,7H;/q-1;;-1;+2/t13-,14?,15?;;;/m0.../s1. The third-order valence-corrected chi connectivity index (χ3v) is 5.62. The molecular formula is C28H38N4Ru. The summed E-state index contributed by atoms with van der Waals surface area (Å²) in [7, 11) is 8.60. The van der Waals surface area contributed by atoms with E-state index >= 15 is 0 Å². The van der Waals surface area contributed by atoms with Gasteiger partial charge in [-0.1, -0.05) is 103 Å². The predicted octanol–water partition coefficient (Wildman–Crippen LogP) is 7.28. The molecule has 3 atom stereocenters. The van der Waals surface area contributed by atoms with Crippen LogP contribution in [0.1, 0.15) is 18.4 Å². The van der Waals surface area contributed by atoms with Gasteiger partial charge in [0, 0.05) is 6.04 Å². The van der Waals surface area contributed by atoms with Gasteiger partial charge in [0.1, 0.15) is 0 Å². The SMILES string of the molecule is CN(C)C1CC[C@@H]1C([N-]c1ccccc1)N(C)C.Cc1ccccc1.[NH-]c1ccccc1.[Ru+2]. The summed E-state index contributed by atoms with van der Waals surface area (Å²) in [5, 5.41) is 4.91. The number of benzene rings is 3. The molecule has 0 amide bonds. The Hall–Kier alpha value is -2.20. The number of nitrogens with one attached hydrogen (secondary N) is 1. The number of hydrogen-bond acceptors (Lipinski definition) is 2. The average molecular weight is 532 g/mol. The van der Waals surface area contributed by atoms with Crippen molar-refractivity contribution in [1.29, 1.82) is 0 Å². The molecule has 0 radical (unpaired) electrons. The normalized spacial score (nSPS) is 17.3. The molecule has 0 saturated heterocycles. The Kier molecular flexibility index (Phi) is 13.6. The van der Waals surface area contributed by atoms with Gasteiger partial charge in [0.2, 0.25) is 0 Å². The minimum atomic E-state index is 0. The fraction of sp³-hybridized carbons (Fsp3) is 0.357. The van der Waals surface area contributed by atoms with Crippen LogP contribution >= 0.6 is 0 Å². The fourth-order valence-corrected chi connectivity index (χ4v) is 3.73. The summed E-state index contributed by atoms with van der Waals surface area (Å²) in [5.41, 5.74) is 9.97. The molecule has 33 heavy (non-hydrogen) atoms. The van der Waals surface area contributed by atoms with E-state index in [2.05, 4.69) is 81.3 Å². The second-order valence-electron chi connectivity index (χ2n) is 8.63. The predicted molar refractivity (Wildman–Crippen MR) is 139 cm³/mol. The van der Waals surface area contributed by atoms with Gasteiger partial charge in [-0.2, -0.15) is 0 Å². The summed E-state index contributed by atoms with van der Waals surface area (Å²) in [4.78, 5) is 4.58. The van der Waals surface area contributed by atoms with Gasteiger partial charge in [0.25, 0.3) is 0 Å². The maximum absolute atomic E-state index is 7.00. The van der Waals surface area contributed by atoms with Crippen LogP contribution in [0.5, 0.6) is 0 Å². The Morgan fingerprint density at radius 2 is 1.24 bits per heavy atom. The summed E-state index contributed by atoms with van der Waals surface area (Å²) < 4.78 is 0. The molecule has 1 N–H and O–H groups in total. The average Bonchev–Trinajstić information content (AvgIpc) is 2.75. The van der Waals surface area contributed by atoms with Crippen LogP contribution in [0.15, 0.2) is 91.0 Å². The molecule has 2 unspecified atom stereocenters. The van der Waals surface area contributed by atoms with E-state index in [0.717, 1.165) is 5.69 Å². The molecule has 0 bridgehead atoms. The molecule has 0 spiro atoms. The third kappa shape index (κ3) is 10.5. The van der Waals surface area contributed by atoms with Crippen molar-refractivity contribution in [2.24, 2.45) is 5.92 Å². The van der Waals surface area contributed by atoms with E-state index in [4.69, 9.17) is 11.1 Å². The van der Waals surface area contributed by atoms with Gasteiger partial charge in [-0.25, -0.2) is 0 Å². The van der Waals surface area contributed by atoms with Crippen LogP contribution in [0.3, 0.4) is 0 Å². The number of aryl methyl sites for hydroxylation is 1. The molecule has 5 heteroatoms. The van der Waals surface area contributed by atoms with E-state index < -0.39 is 0 Å². The van der Waals surface area contributed by atoms with Gasteiger partial charge in [-0.05, 0) is 53.9 Å². The zero-order valence-corrected chi connectivity index (χ0v) is 22.2. The number of rotatable bonds is 5. The Bertz CT molecular complexity index is 819. The monoisotopic (exact) mass is 532 g/mol. The van der Waals surface area contributed by atoms with Gasteiger partial charge in [0.05, 0.1) is 0 Å². The van der Waals surface area contributed by atoms with Crippen LogP contribution in [-0.2, 0) is 19.5 Å². The molecule has 178 valence electrons. The van der Waals surface area contributed by atoms with Crippen LogP contribution in [-0.4, -0.2) is 50.2 Å². The van der Waals surface area contributed by atoms with Crippen LogP contribution in [0.2, 0.25) is 0 Å². The van der Waals surface area contributed by atoms with Crippen LogP contribution < -0.4 is 0 Å². The van der Waals surface area contributed by atoms with Gasteiger partial charge in [-0.15, -0.1) is 11.4 Å². The quantitative estimate of drug-likeness (QED) is 0.325. The first-order chi connectivity index (χ1) is 15.4. The first-order valence-corrected chi connectivity index (χ1v) is 11.3. The van der Waals surface area contributed by atoms with Crippen LogP contribution in [0.25, 0.3) is 11.1 Å². The summed E-state index contributed by atoms with van der Waals surface area (Å²) in [6.07, 6.45) is 2.86. The maximum atomic E-state index is 7.00. The van der Waals surface area contributed by atoms with E-state index in [1.165, 1.54) is 18.4 Å². The van der Waals surface area contributed by atoms with Crippen LogP contribution in [0, 0.1) is 12.8 Å². The molecule has 4 rings (SSSR count). The van der Waals surface area contributed by atoms with E-state index in [9.17, 15) is 0 Å². The molecule has 0 heterocycles. The topological polar surface area (TPSA) is 44.4 Å². The fourth-order valence-electron chi connectivity index (χ4n) is 3.73. The van der Waals surface area contributed by atoms with Crippen molar-refractivity contribution >= 4 is 11.4 Å². The zero-order valence-electron chi connectivity index (χ0n) is 20.5. The molecule has 3 aromatic rings. The Labute approximate surface area is 213 Å². The van der Waals surface area contributed by atoms with E-state index in [0.29, 0.717) is 17.6 Å². The van der Waals surface area contributed by atoms with Crippen molar-refractivity contribution in [2.75, 3.05) is 28.2 Å². The van der Waals surface area contributed by atoms with E-state index in [1.54, 1.807) is 12.1 Å². The van der Waals surface area contributed by atoms with Crippen LogP contribution in [0.4, 0.5) is 11.4 Å². The number of nitrogens with zero attached hydrogens (tertiary/aromatic N) is 3. The van der Waals surface area contributed by atoms with Gasteiger partial charge < -0.3 is 20.9 Å². The van der Waals surface area contributed by atoms with E-state index in [1.807, 2.05) is 42.5 Å². The van der Waals surface area contributed by atoms with Crippen molar-refractivity contribution in [1.82, 2.24) is 9.80 Å². The van der Waals surface area contributed by atoms with Gasteiger partial charge in [0.15, 0.2) is 0 Å². The van der Waals surface area contributed by atoms with Crippen molar-refractivity contribution < 1.29 is 19.5 Å². The van der Waals surface area contributed by atoms with Crippen molar-refractivity contribution in [3.63, 3.8) is 0 Å². The molecule has 0 aliphatic heterocycles. The maximum Gasteiger partial charge on any atom is 2.00 e. The Balaban J connectivity index is 0.000000298. The first-order valence-electron chi connectivity index (χ1n) is 11.3. The Morgan fingerprint density at radius 1 is 0.758 bits per heavy atom. The molecular weight excluding hydrogens is 493 g/mol. The smallest absolute Gasteiger partial charge is 0.699 e. The zero-order chi connectivity index (χ0) is 23.3. The first kappa shape index (κ1) is 28.8. The Morgan fingerprint density at radius 3 is 1.55 bits per heavy atom. The third-order valence-electron chi connectivity index (χ3n) is 5.62. The summed E-state index contributed by atoms with van der Waals surface area (Å²) >= 11 is 0. The molecule has 1 saturated carbocycles. The van der Waals surface area contributed by atoms with E-state index in [-0.39, 0.29) is 25.6 Å². The molecule has 1 fully saturated rings. The summed E-state index contributed by atoms with van der Waals surface area (Å²) in [6, 6.07) is 30.3. The van der Waals surface area contributed by atoms with Crippen molar-refractivity contribution in [2.45, 2.75) is 32.0 Å².